The smallest absolute Gasteiger partial charge is 0.322 e. The highest BCUT2D eigenvalue weighted by atomic mass is 35.5. The largest absolute Gasteiger partial charge is 0.506 e. The number of nitrogens with one attached hydrogen (secondary N) is 2. The second-order valence-corrected chi connectivity index (χ2v) is 4.96. The Bertz CT molecular complexity index is 729. The zero-order valence-electron chi connectivity index (χ0n) is 11.6. The van der Waals surface area contributed by atoms with Gasteiger partial charge < -0.3 is 10.4 Å². The van der Waals surface area contributed by atoms with E-state index in [0.717, 1.165) is 0 Å². The van der Waals surface area contributed by atoms with Crippen molar-refractivity contribution >= 4 is 28.9 Å². The number of phenols is 1. The lowest BCUT2D eigenvalue weighted by molar-refractivity contribution is -0.385. The molecule has 0 atom stereocenters. The predicted molar refractivity (Wildman–Crippen MR) is 80.3 cm³/mol. The van der Waals surface area contributed by atoms with Gasteiger partial charge >= 0.3 is 5.69 Å². The number of nitro groups is 1. The molecule has 0 aliphatic heterocycles. The summed E-state index contributed by atoms with van der Waals surface area (Å²) in [7, 11) is 0. The number of hydrogen-bond donors (Lipinski definition) is 3. The molecule has 0 saturated carbocycles. The lowest BCUT2D eigenvalue weighted by atomic mass is 10.2. The number of carbonyl (C=O) groups is 1. The maximum absolute atomic E-state index is 12.2. The predicted octanol–water partition coefficient (Wildman–Crippen LogP) is 2.88. The van der Waals surface area contributed by atoms with Gasteiger partial charge in [-0.1, -0.05) is 24.9 Å². The third-order valence-corrected chi connectivity index (χ3v) is 3.15. The Balaban J connectivity index is 2.31. The maximum atomic E-state index is 12.2. The van der Waals surface area contributed by atoms with Crippen LogP contribution in [0.2, 0.25) is 5.02 Å². The van der Waals surface area contributed by atoms with Crippen LogP contribution < -0.4 is 5.32 Å². The number of carbonyl (C=O) groups excluding carboxylic acids is 1. The zero-order valence-corrected chi connectivity index (χ0v) is 12.3. The van der Waals surface area contributed by atoms with Crippen molar-refractivity contribution in [1.29, 1.82) is 0 Å². The molecule has 9 heteroatoms. The van der Waals surface area contributed by atoms with E-state index < -0.39 is 10.8 Å². The van der Waals surface area contributed by atoms with Crippen molar-refractivity contribution in [2.24, 2.45) is 0 Å². The molecule has 3 N–H and O–H groups in total. The van der Waals surface area contributed by atoms with Crippen molar-refractivity contribution in [2.75, 3.05) is 5.32 Å². The molecule has 1 aromatic carbocycles. The summed E-state index contributed by atoms with van der Waals surface area (Å²) in [6.07, 6.45) is 1.07. The number of amides is 1. The van der Waals surface area contributed by atoms with E-state index in [9.17, 15) is 20.0 Å². The van der Waals surface area contributed by atoms with Crippen LogP contribution in [0, 0.1) is 10.1 Å². The van der Waals surface area contributed by atoms with Crippen molar-refractivity contribution < 1.29 is 14.8 Å². The molecule has 1 aromatic heterocycles. The fourth-order valence-electron chi connectivity index (χ4n) is 1.94. The highest BCUT2D eigenvalue weighted by Crippen LogP contribution is 2.28. The zero-order chi connectivity index (χ0) is 16.3. The van der Waals surface area contributed by atoms with Gasteiger partial charge in [-0.3, -0.25) is 20.0 Å². The summed E-state index contributed by atoms with van der Waals surface area (Å²) in [5, 5.41) is 29.7. The van der Waals surface area contributed by atoms with E-state index in [2.05, 4.69) is 15.5 Å². The molecule has 0 aliphatic carbocycles. The summed E-state index contributed by atoms with van der Waals surface area (Å²) in [6, 6.07) is 4.11. The first-order valence-corrected chi connectivity index (χ1v) is 6.83. The number of halogens is 1. The number of aromatic nitrogens is 2. The number of aromatic hydroxyl groups is 1. The molecule has 0 spiro atoms. The molecule has 2 aromatic rings. The minimum atomic E-state index is -0.789. The van der Waals surface area contributed by atoms with Gasteiger partial charge in [0.25, 0.3) is 5.91 Å². The van der Waals surface area contributed by atoms with Crippen molar-refractivity contribution in [1.82, 2.24) is 10.2 Å². The molecule has 2 rings (SSSR count). The Morgan fingerprint density at radius 3 is 2.86 bits per heavy atom. The van der Waals surface area contributed by atoms with E-state index in [0.29, 0.717) is 17.9 Å². The first-order valence-electron chi connectivity index (χ1n) is 6.45. The van der Waals surface area contributed by atoms with E-state index in [1.54, 1.807) is 0 Å². The Labute approximate surface area is 130 Å². The summed E-state index contributed by atoms with van der Waals surface area (Å²) >= 11 is 5.70. The van der Waals surface area contributed by atoms with E-state index in [1.165, 1.54) is 18.2 Å². The number of rotatable bonds is 5. The Morgan fingerprint density at radius 2 is 2.27 bits per heavy atom. The SMILES string of the molecule is CCCc1[nH]nc(C(=O)Nc2ccc(Cl)cc2O)c1[N+](=O)[O-]. The lowest BCUT2D eigenvalue weighted by Crippen LogP contribution is -2.14. The van der Waals surface area contributed by atoms with Gasteiger partial charge in [-0.25, -0.2) is 0 Å². The van der Waals surface area contributed by atoms with Crippen LogP contribution in [0.1, 0.15) is 29.5 Å². The first-order chi connectivity index (χ1) is 10.4. The number of aromatic amines is 1. The van der Waals surface area contributed by atoms with Crippen molar-refractivity contribution in [3.05, 3.63) is 44.7 Å². The fraction of sp³-hybridized carbons (Fsp3) is 0.231. The van der Waals surface area contributed by atoms with Crippen LogP contribution in [0.5, 0.6) is 5.75 Å². The van der Waals surface area contributed by atoms with Crippen LogP contribution in [0.15, 0.2) is 18.2 Å². The average Bonchev–Trinajstić information content (AvgIpc) is 2.86. The van der Waals surface area contributed by atoms with Crippen LogP contribution in [0.4, 0.5) is 11.4 Å². The molecule has 0 bridgehead atoms. The molecular formula is C13H13ClN4O4. The maximum Gasteiger partial charge on any atom is 0.322 e. The molecule has 0 radical (unpaired) electrons. The van der Waals surface area contributed by atoms with E-state index in [-0.39, 0.29) is 28.5 Å². The van der Waals surface area contributed by atoms with Crippen LogP contribution in [-0.2, 0) is 6.42 Å². The molecule has 0 unspecified atom stereocenters. The highest BCUT2D eigenvalue weighted by Gasteiger charge is 2.29. The van der Waals surface area contributed by atoms with Gasteiger partial charge in [-0.15, -0.1) is 0 Å². The number of hydrogen-bond acceptors (Lipinski definition) is 5. The number of benzene rings is 1. The van der Waals surface area contributed by atoms with Gasteiger partial charge in [0.1, 0.15) is 11.4 Å². The molecule has 1 heterocycles. The number of phenolic OH excluding ortho intramolecular Hbond substituents is 1. The number of H-pyrrole nitrogens is 1. The Hall–Kier alpha value is -2.61. The second kappa shape index (κ2) is 6.44. The van der Waals surface area contributed by atoms with Gasteiger partial charge in [-0.05, 0) is 18.6 Å². The molecule has 22 heavy (non-hydrogen) atoms. The molecule has 0 aliphatic rings. The van der Waals surface area contributed by atoms with Crippen LogP contribution >= 0.6 is 11.6 Å². The van der Waals surface area contributed by atoms with Gasteiger partial charge in [0.2, 0.25) is 5.69 Å². The second-order valence-electron chi connectivity index (χ2n) is 4.52. The minimum absolute atomic E-state index is 0.0868. The van der Waals surface area contributed by atoms with Gasteiger partial charge in [-0.2, -0.15) is 5.10 Å². The Morgan fingerprint density at radius 1 is 1.55 bits per heavy atom. The van der Waals surface area contributed by atoms with Crippen LogP contribution in [0.25, 0.3) is 0 Å². The Kier molecular flexibility index (Phi) is 4.62. The van der Waals surface area contributed by atoms with E-state index in [4.69, 9.17) is 11.6 Å². The van der Waals surface area contributed by atoms with Crippen molar-refractivity contribution in [3.63, 3.8) is 0 Å². The molecule has 116 valence electrons. The summed E-state index contributed by atoms with van der Waals surface area (Å²) in [5.74, 6) is -1.03. The van der Waals surface area contributed by atoms with Gasteiger partial charge in [0.15, 0.2) is 0 Å². The van der Waals surface area contributed by atoms with Crippen LogP contribution in [-0.4, -0.2) is 26.1 Å². The first kappa shape index (κ1) is 15.8. The molecule has 0 saturated heterocycles. The summed E-state index contributed by atoms with van der Waals surface area (Å²) in [4.78, 5) is 22.6. The fourth-order valence-corrected chi connectivity index (χ4v) is 2.11. The van der Waals surface area contributed by atoms with Gasteiger partial charge in [0, 0.05) is 11.1 Å². The number of aryl methyl sites for hydroxylation is 1. The van der Waals surface area contributed by atoms with Crippen molar-refractivity contribution in [3.8, 4) is 5.75 Å². The molecular weight excluding hydrogens is 312 g/mol. The van der Waals surface area contributed by atoms with Crippen molar-refractivity contribution in [2.45, 2.75) is 19.8 Å². The summed E-state index contributed by atoms with van der Waals surface area (Å²) in [6.45, 7) is 1.86. The summed E-state index contributed by atoms with van der Waals surface area (Å²) in [5.41, 5.74) is -0.308. The van der Waals surface area contributed by atoms with Crippen LogP contribution in [0.3, 0.4) is 0 Å². The minimum Gasteiger partial charge on any atom is -0.506 e. The standard InChI is InChI=1S/C13H13ClN4O4/c1-2-3-9-12(18(21)22)11(17-16-9)13(20)15-8-5-4-7(14)6-10(8)19/h4-6,19H,2-3H2,1H3,(H,15,20)(H,16,17). The molecule has 1 amide bonds. The van der Waals surface area contributed by atoms with E-state index >= 15 is 0 Å². The molecule has 0 fully saturated rings. The van der Waals surface area contributed by atoms with E-state index in [1.807, 2.05) is 6.92 Å². The third-order valence-electron chi connectivity index (χ3n) is 2.92. The summed E-state index contributed by atoms with van der Waals surface area (Å²) < 4.78 is 0. The number of nitrogens with zero attached hydrogens (tertiary/aromatic N) is 2. The lowest BCUT2D eigenvalue weighted by Gasteiger charge is -2.05. The van der Waals surface area contributed by atoms with Gasteiger partial charge in [0.05, 0.1) is 10.6 Å². The number of anilines is 1. The topological polar surface area (TPSA) is 121 Å². The average molecular weight is 325 g/mol. The monoisotopic (exact) mass is 324 g/mol. The normalized spacial score (nSPS) is 10.5. The quantitative estimate of drug-likeness (QED) is 0.443. The molecule has 8 nitrogen and oxygen atoms in total. The highest BCUT2D eigenvalue weighted by molar-refractivity contribution is 6.30. The third kappa shape index (κ3) is 3.17.